The summed E-state index contributed by atoms with van der Waals surface area (Å²) in [6.07, 6.45) is -55.6. The molecular formula is C38H65NO30. The highest BCUT2D eigenvalue weighted by Crippen LogP contribution is 2.38. The molecule has 1 amide bonds. The van der Waals surface area contributed by atoms with Gasteiger partial charge < -0.3 is 149 Å². The second-order valence-corrected chi connectivity index (χ2v) is 17.5. The maximum absolute atomic E-state index is 12.9. The molecule has 6 saturated heterocycles. The molecule has 6 rings (SSSR count). The smallest absolute Gasteiger partial charge is 0.217 e. The molecule has 0 unspecified atom stereocenters. The molecule has 0 saturated carbocycles. The highest BCUT2D eigenvalue weighted by molar-refractivity contribution is 5.73. The number of rotatable bonds is 16. The van der Waals surface area contributed by atoms with Gasteiger partial charge in [0.2, 0.25) is 5.91 Å². The van der Waals surface area contributed by atoms with Gasteiger partial charge in [0.1, 0.15) is 140 Å². The molecule has 30 atom stereocenters. The first-order valence-electron chi connectivity index (χ1n) is 22.0. The standard InChI is InChI=1S/C38H65NO30/c1-8-16(46)21(51)25(55)35(59-8)69-32-31(68-36-26(56)22(52)17(47)10(3-40)62-36)20(50)13(6-43)64-38(32)66-29-15(39-9(2)45)34(61-11(4-41)18(29)48)67-30-19(49)12(5-42)63-37(27(30)57)65-28-14(7-44)60-33(58)24(54)23(28)53/h8,10-38,40-44,46-58H,3-7H2,1-2H3,(H,39,45)/t8-,10+,11+,12+,13+,14+,15+,16+,17-,18+,19-,20-,21+,22-,23+,24+,25-,26+,27+,28+,29+,30-,31-,32+,33+,34-,35-,36+,37-,38-/m0/s1. The lowest BCUT2D eigenvalue weighted by atomic mass is 9.94. The zero-order chi connectivity index (χ0) is 50.9. The Morgan fingerprint density at radius 2 is 0.783 bits per heavy atom. The SMILES string of the molecule is CC(=O)N[C@H]1[C@H](O[C@H]2[C@@H](O)[C@@H](CO)O[C@@H](O[C@H]3[C@H](O)[C@@H](O)[C@H](O)O[C@@H]3CO)[C@@H]2O)O[C@H](CO)[C@@H](O)[C@@H]1O[C@@H]1O[C@H](CO)[C@H](O)[C@H](O[C@H]2O[C@H](CO)[C@H](O)[C@H](O)[C@H]2O)[C@H]1O[C@@H]1O[C@@H](C)[C@@H](O)[C@@H](O)[C@@H]1O. The van der Waals surface area contributed by atoms with E-state index < -0.39 is 223 Å². The number of aliphatic hydroxyl groups is 18. The molecule has 0 aromatic rings. The topological polar surface area (TPSA) is 495 Å². The van der Waals surface area contributed by atoms with Gasteiger partial charge in [0.15, 0.2) is 37.7 Å². The number of amides is 1. The van der Waals surface area contributed by atoms with Gasteiger partial charge in [0.25, 0.3) is 0 Å². The molecule has 6 heterocycles. The van der Waals surface area contributed by atoms with Crippen LogP contribution in [0.4, 0.5) is 0 Å². The van der Waals surface area contributed by atoms with Gasteiger partial charge in [-0.25, -0.2) is 0 Å². The Kier molecular flexibility index (Phi) is 19.8. The number of carbonyl (C=O) groups excluding carboxylic acids is 1. The third-order valence-corrected chi connectivity index (χ3v) is 12.8. The number of nitrogens with one attached hydrogen (secondary N) is 1. The third kappa shape index (κ3) is 11.8. The van der Waals surface area contributed by atoms with Crippen molar-refractivity contribution in [1.29, 1.82) is 0 Å². The van der Waals surface area contributed by atoms with Crippen LogP contribution in [0.1, 0.15) is 13.8 Å². The van der Waals surface area contributed by atoms with E-state index in [-0.39, 0.29) is 0 Å². The number of hydrogen-bond acceptors (Lipinski definition) is 30. The van der Waals surface area contributed by atoms with E-state index in [2.05, 4.69) is 5.32 Å². The van der Waals surface area contributed by atoms with Gasteiger partial charge in [-0.05, 0) is 6.92 Å². The number of ether oxygens (including phenoxy) is 11. The van der Waals surface area contributed by atoms with E-state index in [0.29, 0.717) is 0 Å². The van der Waals surface area contributed by atoms with E-state index >= 15 is 0 Å². The minimum atomic E-state index is -2.18. The van der Waals surface area contributed by atoms with E-state index in [1.807, 2.05) is 0 Å². The molecule has 31 nitrogen and oxygen atoms in total. The summed E-state index contributed by atoms with van der Waals surface area (Å²) in [5, 5.41) is 194. The van der Waals surface area contributed by atoms with Gasteiger partial charge in [-0.15, -0.1) is 0 Å². The van der Waals surface area contributed by atoms with E-state index in [4.69, 9.17) is 52.1 Å². The van der Waals surface area contributed by atoms with Gasteiger partial charge in [-0.1, -0.05) is 0 Å². The Hall–Kier alpha value is -1.69. The van der Waals surface area contributed by atoms with Crippen LogP contribution in [0.5, 0.6) is 0 Å². The highest BCUT2D eigenvalue weighted by atomic mass is 16.8. The predicted molar refractivity (Wildman–Crippen MR) is 209 cm³/mol. The first-order chi connectivity index (χ1) is 32.6. The van der Waals surface area contributed by atoms with Crippen LogP contribution in [0.25, 0.3) is 0 Å². The lowest BCUT2D eigenvalue weighted by Gasteiger charge is -2.51. The summed E-state index contributed by atoms with van der Waals surface area (Å²) < 4.78 is 63.3. The van der Waals surface area contributed by atoms with E-state index in [9.17, 15) is 96.7 Å². The van der Waals surface area contributed by atoms with Crippen molar-refractivity contribution in [2.24, 2.45) is 0 Å². The number of hydrogen-bond donors (Lipinski definition) is 19. The van der Waals surface area contributed by atoms with Crippen molar-refractivity contribution in [3.8, 4) is 0 Å². The predicted octanol–water partition coefficient (Wildman–Crippen LogP) is -12.9. The molecule has 402 valence electrons. The van der Waals surface area contributed by atoms with Gasteiger partial charge in [-0.3, -0.25) is 4.79 Å². The molecule has 0 bridgehead atoms. The third-order valence-electron chi connectivity index (χ3n) is 12.8. The van der Waals surface area contributed by atoms with E-state index in [1.165, 1.54) is 6.92 Å². The van der Waals surface area contributed by atoms with E-state index in [0.717, 1.165) is 6.92 Å². The fraction of sp³-hybridized carbons (Fsp3) is 0.974. The van der Waals surface area contributed by atoms with Gasteiger partial charge in [0, 0.05) is 6.92 Å². The maximum Gasteiger partial charge on any atom is 0.217 e. The fourth-order valence-electron chi connectivity index (χ4n) is 8.83. The molecule has 6 fully saturated rings. The quantitative estimate of drug-likeness (QED) is 0.0682. The van der Waals surface area contributed by atoms with Crippen molar-refractivity contribution < 1.29 is 149 Å². The summed E-state index contributed by atoms with van der Waals surface area (Å²) in [5.74, 6) is -0.893. The Balaban J connectivity index is 1.35. The number of carbonyl (C=O) groups is 1. The Morgan fingerprint density at radius 1 is 0.377 bits per heavy atom. The number of aliphatic hydroxyl groups excluding tert-OH is 18. The average Bonchev–Trinajstić information content (AvgIpc) is 3.32. The van der Waals surface area contributed by atoms with Gasteiger partial charge in [-0.2, -0.15) is 0 Å². The monoisotopic (exact) mass is 1020 g/mol. The zero-order valence-electron chi connectivity index (χ0n) is 36.8. The summed E-state index contributed by atoms with van der Waals surface area (Å²) in [7, 11) is 0. The molecule has 0 spiro atoms. The first-order valence-corrected chi connectivity index (χ1v) is 22.0. The van der Waals surface area contributed by atoms with Crippen molar-refractivity contribution in [3.63, 3.8) is 0 Å². The molecule has 31 heteroatoms. The molecular weight excluding hydrogens is 950 g/mol. The first kappa shape index (κ1) is 56.6. The van der Waals surface area contributed by atoms with Crippen molar-refractivity contribution in [2.45, 2.75) is 198 Å². The molecule has 0 radical (unpaired) electrons. The average molecular weight is 1020 g/mol. The summed E-state index contributed by atoms with van der Waals surface area (Å²) in [6, 6.07) is -1.85. The second kappa shape index (κ2) is 24.1. The summed E-state index contributed by atoms with van der Waals surface area (Å²) >= 11 is 0. The van der Waals surface area contributed by atoms with Crippen LogP contribution in [-0.2, 0) is 56.9 Å². The van der Waals surface area contributed by atoms with Crippen LogP contribution in [0.3, 0.4) is 0 Å². The van der Waals surface area contributed by atoms with Gasteiger partial charge >= 0.3 is 0 Å². The second-order valence-electron chi connectivity index (χ2n) is 17.5. The molecule has 6 aliphatic heterocycles. The Morgan fingerprint density at radius 3 is 1.33 bits per heavy atom. The van der Waals surface area contributed by atoms with Crippen molar-refractivity contribution in [3.05, 3.63) is 0 Å². The molecule has 0 aromatic heterocycles. The molecule has 69 heavy (non-hydrogen) atoms. The van der Waals surface area contributed by atoms with Crippen LogP contribution < -0.4 is 5.32 Å². The maximum atomic E-state index is 12.9. The minimum absolute atomic E-state index is 0.893. The fourth-order valence-corrected chi connectivity index (χ4v) is 8.83. The zero-order valence-corrected chi connectivity index (χ0v) is 36.8. The van der Waals surface area contributed by atoms with Crippen LogP contribution in [0.2, 0.25) is 0 Å². The summed E-state index contributed by atoms with van der Waals surface area (Å²) in [4.78, 5) is 12.9. The summed E-state index contributed by atoms with van der Waals surface area (Å²) in [6.45, 7) is -2.68. The molecule has 0 aromatic carbocycles. The van der Waals surface area contributed by atoms with Crippen molar-refractivity contribution in [2.75, 3.05) is 33.0 Å². The van der Waals surface area contributed by atoms with Crippen molar-refractivity contribution >= 4 is 5.91 Å². The molecule has 19 N–H and O–H groups in total. The lowest BCUT2D eigenvalue weighted by Crippen LogP contribution is -2.71. The lowest BCUT2D eigenvalue weighted by molar-refractivity contribution is -0.404. The van der Waals surface area contributed by atoms with Crippen molar-refractivity contribution in [1.82, 2.24) is 5.32 Å². The summed E-state index contributed by atoms with van der Waals surface area (Å²) in [5.41, 5.74) is 0. The molecule has 0 aliphatic carbocycles. The minimum Gasteiger partial charge on any atom is -0.394 e. The largest absolute Gasteiger partial charge is 0.394 e. The normalized spacial score (nSPS) is 52.1. The van der Waals surface area contributed by atoms with E-state index in [1.54, 1.807) is 0 Å². The van der Waals surface area contributed by atoms with Gasteiger partial charge in [0.05, 0.1) is 39.1 Å². The van der Waals surface area contributed by atoms with Crippen LogP contribution in [-0.4, -0.2) is 315 Å². The Bertz CT molecular complexity index is 1610. The van der Waals surface area contributed by atoms with Crippen LogP contribution >= 0.6 is 0 Å². The van der Waals surface area contributed by atoms with Crippen LogP contribution in [0.15, 0.2) is 0 Å². The molecule has 6 aliphatic rings. The van der Waals surface area contributed by atoms with Crippen LogP contribution in [0, 0.1) is 0 Å². The highest BCUT2D eigenvalue weighted by Gasteiger charge is 2.59. The Labute approximate surface area is 390 Å².